The van der Waals surface area contributed by atoms with Gasteiger partial charge < -0.3 is 5.32 Å². The first-order valence-electron chi connectivity index (χ1n) is 6.79. The Labute approximate surface area is 117 Å². The lowest BCUT2D eigenvalue weighted by molar-refractivity contribution is -0.125. The second-order valence-corrected chi connectivity index (χ2v) is 7.72. The molecule has 0 aromatic carbocycles. The maximum atomic E-state index is 11.8. The monoisotopic (exact) mass is 292 g/mol. The zero-order valence-electron chi connectivity index (χ0n) is 13.0. The van der Waals surface area contributed by atoms with Gasteiger partial charge in [0.05, 0.1) is 6.26 Å². The van der Waals surface area contributed by atoms with Crippen molar-refractivity contribution in [3.63, 3.8) is 0 Å². The van der Waals surface area contributed by atoms with Crippen molar-refractivity contribution in [3.05, 3.63) is 0 Å². The minimum absolute atomic E-state index is 0.00682. The topological polar surface area (TPSA) is 66.5 Å². The Kier molecular flexibility index (Phi) is 7.00. The van der Waals surface area contributed by atoms with Crippen LogP contribution in [0.25, 0.3) is 0 Å². The zero-order chi connectivity index (χ0) is 15.3. The van der Waals surface area contributed by atoms with Gasteiger partial charge in [-0.3, -0.25) is 4.79 Å². The van der Waals surface area contributed by atoms with E-state index in [4.69, 9.17) is 0 Å². The summed E-state index contributed by atoms with van der Waals surface area (Å²) in [6.07, 6.45) is 2.80. The van der Waals surface area contributed by atoms with Gasteiger partial charge in [0.2, 0.25) is 15.9 Å². The van der Waals surface area contributed by atoms with Crippen molar-refractivity contribution < 1.29 is 13.2 Å². The van der Waals surface area contributed by atoms with E-state index in [9.17, 15) is 13.2 Å². The molecule has 0 radical (unpaired) electrons. The predicted octanol–water partition coefficient (Wildman–Crippen LogP) is 1.60. The highest BCUT2D eigenvalue weighted by Gasteiger charge is 2.29. The number of carbonyl (C=O) groups excluding carboxylic acids is 1. The van der Waals surface area contributed by atoms with E-state index in [2.05, 4.69) is 5.32 Å². The number of hydrogen-bond acceptors (Lipinski definition) is 3. The molecule has 6 heteroatoms. The molecule has 114 valence electrons. The molecule has 0 fully saturated rings. The van der Waals surface area contributed by atoms with E-state index < -0.39 is 15.6 Å². The number of nitrogens with zero attached hydrogens (tertiary/aromatic N) is 1. The molecule has 0 aromatic heterocycles. The van der Waals surface area contributed by atoms with Crippen LogP contribution >= 0.6 is 0 Å². The summed E-state index contributed by atoms with van der Waals surface area (Å²) < 4.78 is 24.8. The predicted molar refractivity (Wildman–Crippen MR) is 78.4 cm³/mol. The lowest BCUT2D eigenvalue weighted by atomic mass is 10.0. The standard InChI is InChI=1S/C13H28N2O3S/c1-7-11(8-2)12(16)14-9-10-15(13(3,4)5)19(6,17)18/h11H,7-10H2,1-6H3,(H,14,16). The molecule has 1 N–H and O–H groups in total. The van der Waals surface area contributed by atoms with Crippen LogP contribution in [0.4, 0.5) is 0 Å². The van der Waals surface area contributed by atoms with Crippen LogP contribution in [0.2, 0.25) is 0 Å². The van der Waals surface area contributed by atoms with Gasteiger partial charge in [0.25, 0.3) is 0 Å². The molecule has 0 saturated carbocycles. The van der Waals surface area contributed by atoms with E-state index in [0.717, 1.165) is 12.8 Å². The third-order valence-electron chi connectivity index (χ3n) is 3.12. The smallest absolute Gasteiger partial charge is 0.223 e. The lowest BCUT2D eigenvalue weighted by Crippen LogP contribution is -2.48. The molecule has 1 amide bonds. The zero-order valence-corrected chi connectivity index (χ0v) is 13.8. The lowest BCUT2D eigenvalue weighted by Gasteiger charge is -2.33. The summed E-state index contributed by atoms with van der Waals surface area (Å²) in [6, 6.07) is 0. The summed E-state index contributed by atoms with van der Waals surface area (Å²) in [7, 11) is -3.27. The molecule has 0 unspecified atom stereocenters. The molecular formula is C13H28N2O3S. The molecular weight excluding hydrogens is 264 g/mol. The molecule has 0 aliphatic heterocycles. The fraction of sp³-hybridized carbons (Fsp3) is 0.923. The van der Waals surface area contributed by atoms with E-state index >= 15 is 0 Å². The highest BCUT2D eigenvalue weighted by Crippen LogP contribution is 2.16. The van der Waals surface area contributed by atoms with Gasteiger partial charge in [-0.15, -0.1) is 0 Å². The number of hydrogen-bond donors (Lipinski definition) is 1. The minimum Gasteiger partial charge on any atom is -0.355 e. The molecule has 0 aromatic rings. The summed E-state index contributed by atoms with van der Waals surface area (Å²) >= 11 is 0. The fourth-order valence-electron chi connectivity index (χ4n) is 2.08. The number of sulfonamides is 1. The average molecular weight is 292 g/mol. The van der Waals surface area contributed by atoms with Crippen molar-refractivity contribution in [3.8, 4) is 0 Å². The van der Waals surface area contributed by atoms with Gasteiger partial charge in [0, 0.05) is 24.5 Å². The highest BCUT2D eigenvalue weighted by atomic mass is 32.2. The average Bonchev–Trinajstić information content (AvgIpc) is 2.22. The molecule has 0 heterocycles. The molecule has 0 rings (SSSR count). The van der Waals surface area contributed by atoms with E-state index in [1.54, 1.807) is 0 Å². The second-order valence-electron chi connectivity index (χ2n) is 5.81. The van der Waals surface area contributed by atoms with Crippen LogP contribution in [0.1, 0.15) is 47.5 Å². The van der Waals surface area contributed by atoms with Crippen LogP contribution in [0.5, 0.6) is 0 Å². The van der Waals surface area contributed by atoms with Crippen molar-refractivity contribution >= 4 is 15.9 Å². The Morgan fingerprint density at radius 1 is 1.21 bits per heavy atom. The largest absolute Gasteiger partial charge is 0.355 e. The van der Waals surface area contributed by atoms with Crippen LogP contribution in [0, 0.1) is 5.92 Å². The summed E-state index contributed by atoms with van der Waals surface area (Å²) in [5, 5.41) is 2.81. The Balaban J connectivity index is 4.49. The summed E-state index contributed by atoms with van der Waals surface area (Å²) in [4.78, 5) is 11.8. The van der Waals surface area contributed by atoms with E-state index in [1.165, 1.54) is 10.6 Å². The molecule has 0 atom stereocenters. The maximum Gasteiger partial charge on any atom is 0.223 e. The van der Waals surface area contributed by atoms with Gasteiger partial charge in [-0.05, 0) is 33.6 Å². The van der Waals surface area contributed by atoms with Gasteiger partial charge in [0.1, 0.15) is 0 Å². The van der Waals surface area contributed by atoms with Gasteiger partial charge in [-0.1, -0.05) is 13.8 Å². The van der Waals surface area contributed by atoms with Crippen molar-refractivity contribution in [1.29, 1.82) is 0 Å². The first-order valence-corrected chi connectivity index (χ1v) is 8.64. The van der Waals surface area contributed by atoms with Crippen LogP contribution in [0.3, 0.4) is 0 Å². The maximum absolute atomic E-state index is 11.8. The second kappa shape index (κ2) is 7.24. The third kappa shape index (κ3) is 6.38. The number of amides is 1. The molecule has 0 aliphatic carbocycles. The van der Waals surface area contributed by atoms with Crippen LogP contribution in [0.15, 0.2) is 0 Å². The Hall–Kier alpha value is -0.620. The van der Waals surface area contributed by atoms with Crippen molar-refractivity contribution in [2.75, 3.05) is 19.3 Å². The number of rotatable bonds is 7. The summed E-state index contributed by atoms with van der Waals surface area (Å²) in [5.74, 6) is 0.0219. The third-order valence-corrected chi connectivity index (χ3v) is 4.65. The summed E-state index contributed by atoms with van der Waals surface area (Å²) in [6.45, 7) is 10.1. The first kappa shape index (κ1) is 18.4. The number of carbonyl (C=O) groups is 1. The van der Waals surface area contributed by atoms with Gasteiger partial charge in [-0.25, -0.2) is 8.42 Å². The molecule has 0 bridgehead atoms. The number of nitrogens with one attached hydrogen (secondary N) is 1. The van der Waals surface area contributed by atoms with Gasteiger partial charge in [-0.2, -0.15) is 4.31 Å². The van der Waals surface area contributed by atoms with Crippen molar-refractivity contribution in [2.45, 2.75) is 53.0 Å². The summed E-state index contributed by atoms with van der Waals surface area (Å²) in [5.41, 5.74) is -0.479. The molecule has 19 heavy (non-hydrogen) atoms. The normalized spacial score (nSPS) is 13.1. The minimum atomic E-state index is -3.27. The van der Waals surface area contributed by atoms with E-state index in [-0.39, 0.29) is 11.8 Å². The van der Waals surface area contributed by atoms with Crippen LogP contribution in [-0.2, 0) is 14.8 Å². The molecule has 0 saturated heterocycles. The van der Waals surface area contributed by atoms with Crippen LogP contribution < -0.4 is 5.32 Å². The Bertz CT molecular complexity index is 381. The van der Waals surface area contributed by atoms with Crippen molar-refractivity contribution in [1.82, 2.24) is 9.62 Å². The van der Waals surface area contributed by atoms with Gasteiger partial charge >= 0.3 is 0 Å². The Morgan fingerprint density at radius 2 is 1.68 bits per heavy atom. The first-order chi connectivity index (χ1) is 8.54. The van der Waals surface area contributed by atoms with Crippen LogP contribution in [-0.4, -0.2) is 43.5 Å². The fourth-order valence-corrected chi connectivity index (χ4v) is 3.50. The SMILES string of the molecule is CCC(CC)C(=O)NCCN(C(C)(C)C)S(C)(=O)=O. The molecule has 0 aliphatic rings. The quantitative estimate of drug-likeness (QED) is 0.775. The Morgan fingerprint density at radius 3 is 2.00 bits per heavy atom. The van der Waals surface area contributed by atoms with Crippen molar-refractivity contribution in [2.24, 2.45) is 5.92 Å². The van der Waals surface area contributed by atoms with E-state index in [1.807, 2.05) is 34.6 Å². The van der Waals surface area contributed by atoms with E-state index in [0.29, 0.717) is 13.1 Å². The molecule has 0 spiro atoms. The highest BCUT2D eigenvalue weighted by molar-refractivity contribution is 7.88. The molecule has 5 nitrogen and oxygen atoms in total. The van der Waals surface area contributed by atoms with Gasteiger partial charge in [0.15, 0.2) is 0 Å².